The predicted octanol–water partition coefficient (Wildman–Crippen LogP) is 1.71. The van der Waals surface area contributed by atoms with Crippen LogP contribution in [0.1, 0.15) is 16.1 Å². The molecule has 102 valence electrons. The molecule has 1 aromatic carbocycles. The number of imidazole rings is 1. The highest BCUT2D eigenvalue weighted by Gasteiger charge is 2.08. The summed E-state index contributed by atoms with van der Waals surface area (Å²) in [5, 5.41) is 13.3. The first kappa shape index (κ1) is 12.4. The van der Waals surface area contributed by atoms with Crippen molar-refractivity contribution in [1.82, 2.24) is 19.3 Å². The zero-order valence-electron chi connectivity index (χ0n) is 11.0. The Morgan fingerprint density at radius 3 is 2.90 bits per heavy atom. The maximum Gasteiger partial charge on any atom is 0.335 e. The largest absolute Gasteiger partial charge is 0.478 e. The summed E-state index contributed by atoms with van der Waals surface area (Å²) in [5.41, 5.74) is 2.92. The fourth-order valence-electron chi connectivity index (χ4n) is 2.21. The van der Waals surface area contributed by atoms with E-state index in [0.29, 0.717) is 5.52 Å². The Labute approximate surface area is 115 Å². The van der Waals surface area contributed by atoms with Crippen LogP contribution < -0.4 is 0 Å². The van der Waals surface area contributed by atoms with Crippen LogP contribution in [0.5, 0.6) is 0 Å². The van der Waals surface area contributed by atoms with E-state index >= 15 is 0 Å². The number of aromatic carboxylic acids is 1. The number of benzene rings is 1. The molecular formula is C14H14N4O2. The molecular weight excluding hydrogens is 256 g/mol. The topological polar surface area (TPSA) is 72.9 Å². The lowest BCUT2D eigenvalue weighted by Gasteiger charge is -2.03. The van der Waals surface area contributed by atoms with E-state index in [4.69, 9.17) is 5.11 Å². The fraction of sp³-hybridized carbons (Fsp3) is 0.214. The minimum atomic E-state index is -0.935. The smallest absolute Gasteiger partial charge is 0.335 e. The maximum absolute atomic E-state index is 10.9. The van der Waals surface area contributed by atoms with E-state index in [1.165, 1.54) is 0 Å². The second-order valence-corrected chi connectivity index (χ2v) is 4.68. The van der Waals surface area contributed by atoms with Crippen molar-refractivity contribution in [3.05, 3.63) is 48.0 Å². The molecule has 0 aliphatic heterocycles. The lowest BCUT2D eigenvalue weighted by atomic mass is 10.2. The maximum atomic E-state index is 10.9. The standard InChI is InChI=1S/C14H14N4O2/c1-17-6-4-11(16-17)5-7-18-9-15-12-8-10(14(19)20)2-3-13(12)18/h2-4,6,8-9H,5,7H2,1H3,(H,19,20). The van der Waals surface area contributed by atoms with Crippen LogP contribution in [0, 0.1) is 0 Å². The number of fused-ring (bicyclic) bond motifs is 1. The van der Waals surface area contributed by atoms with E-state index < -0.39 is 5.97 Å². The third kappa shape index (κ3) is 2.27. The van der Waals surface area contributed by atoms with Crippen LogP contribution in [0.4, 0.5) is 0 Å². The van der Waals surface area contributed by atoms with E-state index in [0.717, 1.165) is 24.2 Å². The van der Waals surface area contributed by atoms with Crippen molar-refractivity contribution in [3.8, 4) is 0 Å². The molecule has 0 radical (unpaired) electrons. The molecule has 2 aromatic heterocycles. The predicted molar refractivity (Wildman–Crippen MR) is 73.6 cm³/mol. The second-order valence-electron chi connectivity index (χ2n) is 4.68. The molecule has 0 aliphatic carbocycles. The Morgan fingerprint density at radius 2 is 2.20 bits per heavy atom. The van der Waals surface area contributed by atoms with Gasteiger partial charge in [0, 0.05) is 26.2 Å². The van der Waals surface area contributed by atoms with E-state index in [-0.39, 0.29) is 5.56 Å². The highest BCUT2D eigenvalue weighted by molar-refractivity contribution is 5.92. The molecule has 6 heteroatoms. The van der Waals surface area contributed by atoms with Crippen LogP contribution in [-0.4, -0.2) is 30.4 Å². The molecule has 0 saturated heterocycles. The number of aryl methyl sites for hydroxylation is 3. The summed E-state index contributed by atoms with van der Waals surface area (Å²) in [6.45, 7) is 0.764. The zero-order chi connectivity index (χ0) is 14.1. The summed E-state index contributed by atoms with van der Waals surface area (Å²) in [7, 11) is 1.89. The lowest BCUT2D eigenvalue weighted by Crippen LogP contribution is -2.01. The first-order chi connectivity index (χ1) is 9.63. The third-order valence-corrected chi connectivity index (χ3v) is 3.25. The summed E-state index contributed by atoms with van der Waals surface area (Å²) in [6.07, 6.45) is 4.46. The molecule has 20 heavy (non-hydrogen) atoms. The van der Waals surface area contributed by atoms with Crippen molar-refractivity contribution in [2.75, 3.05) is 0 Å². The van der Waals surface area contributed by atoms with Crippen LogP contribution in [-0.2, 0) is 20.0 Å². The number of carboxylic acids is 1. The van der Waals surface area contributed by atoms with Crippen LogP contribution in [0.25, 0.3) is 11.0 Å². The summed E-state index contributed by atoms with van der Waals surface area (Å²) in [4.78, 5) is 15.2. The number of nitrogens with zero attached hydrogens (tertiary/aromatic N) is 4. The van der Waals surface area contributed by atoms with Gasteiger partial charge in [-0.2, -0.15) is 5.10 Å². The minimum Gasteiger partial charge on any atom is -0.478 e. The van der Waals surface area contributed by atoms with E-state index in [1.807, 2.05) is 23.9 Å². The van der Waals surface area contributed by atoms with Gasteiger partial charge in [0.1, 0.15) is 0 Å². The molecule has 1 N–H and O–H groups in total. The van der Waals surface area contributed by atoms with Gasteiger partial charge in [0.2, 0.25) is 0 Å². The zero-order valence-corrected chi connectivity index (χ0v) is 11.0. The molecule has 0 bridgehead atoms. The quantitative estimate of drug-likeness (QED) is 0.783. The summed E-state index contributed by atoms with van der Waals surface area (Å²) in [5.74, 6) is -0.935. The second kappa shape index (κ2) is 4.80. The molecule has 3 aromatic rings. The molecule has 0 unspecified atom stereocenters. The molecule has 0 saturated carbocycles. The number of aromatic nitrogens is 4. The number of rotatable bonds is 4. The molecule has 0 amide bonds. The van der Waals surface area contributed by atoms with Crippen LogP contribution >= 0.6 is 0 Å². The van der Waals surface area contributed by atoms with Crippen molar-refractivity contribution in [2.24, 2.45) is 7.05 Å². The van der Waals surface area contributed by atoms with Gasteiger partial charge in [0.15, 0.2) is 0 Å². The summed E-state index contributed by atoms with van der Waals surface area (Å²) >= 11 is 0. The molecule has 2 heterocycles. The Kier molecular flexibility index (Phi) is 2.98. The monoisotopic (exact) mass is 270 g/mol. The number of hydrogen-bond acceptors (Lipinski definition) is 3. The van der Waals surface area contributed by atoms with Gasteiger partial charge in [-0.25, -0.2) is 9.78 Å². The summed E-state index contributed by atoms with van der Waals surface area (Å²) < 4.78 is 3.79. The lowest BCUT2D eigenvalue weighted by molar-refractivity contribution is 0.0697. The Hall–Kier alpha value is -2.63. The first-order valence-corrected chi connectivity index (χ1v) is 6.30. The van der Waals surface area contributed by atoms with E-state index in [9.17, 15) is 4.79 Å². The van der Waals surface area contributed by atoms with Gasteiger partial charge in [-0.3, -0.25) is 4.68 Å². The molecule has 0 aliphatic rings. The van der Waals surface area contributed by atoms with Crippen molar-refractivity contribution in [1.29, 1.82) is 0 Å². The number of hydrogen-bond donors (Lipinski definition) is 1. The highest BCUT2D eigenvalue weighted by Crippen LogP contribution is 2.15. The van der Waals surface area contributed by atoms with Gasteiger partial charge in [0.25, 0.3) is 0 Å². The van der Waals surface area contributed by atoms with Gasteiger partial charge in [-0.05, 0) is 24.3 Å². The van der Waals surface area contributed by atoms with Gasteiger partial charge >= 0.3 is 5.97 Å². The van der Waals surface area contributed by atoms with Gasteiger partial charge in [-0.1, -0.05) is 0 Å². The van der Waals surface area contributed by atoms with Crippen molar-refractivity contribution in [3.63, 3.8) is 0 Å². The fourth-order valence-corrected chi connectivity index (χ4v) is 2.21. The SMILES string of the molecule is Cn1ccc(CCn2cnc3cc(C(=O)O)ccc32)n1. The van der Waals surface area contributed by atoms with Gasteiger partial charge < -0.3 is 9.67 Å². The third-order valence-electron chi connectivity index (χ3n) is 3.25. The number of carbonyl (C=O) groups is 1. The molecule has 3 rings (SSSR count). The molecule has 0 spiro atoms. The van der Waals surface area contributed by atoms with Crippen molar-refractivity contribution >= 4 is 17.0 Å². The Morgan fingerprint density at radius 1 is 1.35 bits per heavy atom. The van der Waals surface area contributed by atoms with Gasteiger partial charge in [0.05, 0.1) is 28.6 Å². The highest BCUT2D eigenvalue weighted by atomic mass is 16.4. The Bertz CT molecular complexity index is 772. The average Bonchev–Trinajstić information content (AvgIpc) is 3.02. The van der Waals surface area contributed by atoms with Crippen molar-refractivity contribution in [2.45, 2.75) is 13.0 Å². The van der Waals surface area contributed by atoms with E-state index in [2.05, 4.69) is 10.1 Å². The molecule has 0 atom stereocenters. The van der Waals surface area contributed by atoms with Gasteiger partial charge in [-0.15, -0.1) is 0 Å². The summed E-state index contributed by atoms with van der Waals surface area (Å²) in [6, 6.07) is 6.98. The van der Waals surface area contributed by atoms with Crippen LogP contribution in [0.3, 0.4) is 0 Å². The number of carboxylic acid groups (broad SMARTS) is 1. The minimum absolute atomic E-state index is 0.257. The van der Waals surface area contributed by atoms with E-state index in [1.54, 1.807) is 29.2 Å². The van der Waals surface area contributed by atoms with Crippen LogP contribution in [0.2, 0.25) is 0 Å². The molecule has 0 fully saturated rings. The Balaban J connectivity index is 1.83. The molecule has 6 nitrogen and oxygen atoms in total. The average molecular weight is 270 g/mol. The normalized spacial score (nSPS) is 11.1. The van der Waals surface area contributed by atoms with Crippen LogP contribution in [0.15, 0.2) is 36.8 Å². The first-order valence-electron chi connectivity index (χ1n) is 6.30. The van der Waals surface area contributed by atoms with Crippen molar-refractivity contribution < 1.29 is 9.90 Å².